The lowest BCUT2D eigenvalue weighted by molar-refractivity contribution is -0.150. The van der Waals surface area contributed by atoms with Crippen molar-refractivity contribution in [3.05, 3.63) is 130 Å². The normalized spacial score (nSPS) is 15.5. The second-order valence-electron chi connectivity index (χ2n) is 28.5. The van der Waals surface area contributed by atoms with E-state index in [1.54, 1.807) is 36.4 Å². The zero-order valence-electron chi connectivity index (χ0n) is 61.5. The highest BCUT2D eigenvalue weighted by Gasteiger charge is 2.47. The zero-order valence-corrected chi connectivity index (χ0v) is 61.5. The highest BCUT2D eigenvalue weighted by atomic mass is 16.6. The van der Waals surface area contributed by atoms with E-state index in [0.29, 0.717) is 105 Å². The number of anilines is 6. The summed E-state index contributed by atoms with van der Waals surface area (Å²) in [5, 5.41) is 76.9. The molecule has 6 aromatic rings. The predicted octanol–water partition coefficient (Wildman–Crippen LogP) is 18.0. The molecule has 10 N–H and O–H groups in total. The van der Waals surface area contributed by atoms with Crippen LogP contribution in [0.25, 0.3) is 54.6 Å². The van der Waals surface area contributed by atoms with Gasteiger partial charge in [0.1, 0.15) is 62.7 Å². The number of carbonyl (C=O) groups is 6. The van der Waals surface area contributed by atoms with Gasteiger partial charge in [0, 0.05) is 88.3 Å². The molecule has 0 fully saturated rings. The summed E-state index contributed by atoms with van der Waals surface area (Å²) in [4.78, 5) is 81.1. The van der Waals surface area contributed by atoms with Crippen LogP contribution in [0.5, 0.6) is 0 Å². The van der Waals surface area contributed by atoms with Gasteiger partial charge >= 0.3 is 35.8 Å². The van der Waals surface area contributed by atoms with Crippen LogP contribution in [0, 0.1) is 0 Å². The summed E-state index contributed by atoms with van der Waals surface area (Å²) < 4.78 is 36.2. The van der Waals surface area contributed by atoms with Crippen LogP contribution in [-0.4, -0.2) is 113 Å². The van der Waals surface area contributed by atoms with Crippen LogP contribution in [0.2, 0.25) is 0 Å². The fourth-order valence-electron chi connectivity index (χ4n) is 14.5. The van der Waals surface area contributed by atoms with Crippen LogP contribution in [-0.2, 0) is 57.2 Å². The number of allylic oxidation sites excluding steroid dienone is 4. The van der Waals surface area contributed by atoms with Gasteiger partial charge in [0.05, 0.1) is 45.0 Å². The summed E-state index contributed by atoms with van der Waals surface area (Å²) in [5.41, 5.74) is -0.353. The molecule has 0 saturated carbocycles. The highest BCUT2D eigenvalue weighted by molar-refractivity contribution is 6.21. The number of benzene rings is 6. The minimum absolute atomic E-state index is 0.0217. The smallest absolute Gasteiger partial charge is 0.305 e. The first-order valence-electron chi connectivity index (χ1n) is 37.9. The molecule has 560 valence electrons. The van der Waals surface area contributed by atoms with E-state index in [1.807, 2.05) is 90.1 Å². The Morgan fingerprint density at radius 3 is 0.743 bits per heavy atom. The number of unbranched alkanes of at least 4 members (excludes halogenated alkanes) is 12. The minimum Gasteiger partial charge on any atom is -0.506 e. The molecule has 105 heavy (non-hydrogen) atoms. The number of nitrogens with one attached hydrogen (secondary N) is 6. The maximum Gasteiger partial charge on any atom is 0.305 e. The molecule has 22 heteroatoms. The fraction of sp³-hybridized carbons (Fsp3) is 0.470. The summed E-state index contributed by atoms with van der Waals surface area (Å²) in [6.07, 6.45) is 14.9. The molecule has 22 nitrogen and oxygen atoms in total. The number of aliphatic hydroxyl groups is 4. The van der Waals surface area contributed by atoms with Gasteiger partial charge in [-0.25, -0.2) is 0 Å². The van der Waals surface area contributed by atoms with E-state index in [-0.39, 0.29) is 121 Å². The number of hydrogen-bond donors (Lipinski definition) is 10. The topological polar surface area (TPSA) is 311 Å². The Labute approximate surface area is 613 Å². The Balaban J connectivity index is 1.02. The van der Waals surface area contributed by atoms with Gasteiger partial charge in [0.25, 0.3) is 0 Å². The van der Waals surface area contributed by atoms with E-state index >= 15 is 0 Å². The molecule has 0 amide bonds. The zero-order chi connectivity index (χ0) is 74.4. The first-order valence-corrected chi connectivity index (χ1v) is 37.9. The van der Waals surface area contributed by atoms with Gasteiger partial charge in [-0.05, 0) is 66.8 Å². The third-order valence-electron chi connectivity index (χ3n) is 20.2. The van der Waals surface area contributed by atoms with Gasteiger partial charge in [-0.2, -0.15) is 0 Å². The van der Waals surface area contributed by atoms with Crippen LogP contribution in [0.4, 0.5) is 34.1 Å². The summed E-state index contributed by atoms with van der Waals surface area (Å²) >= 11 is 0. The monoisotopic (exact) mass is 1440 g/mol. The fourth-order valence-corrected chi connectivity index (χ4v) is 14.5. The van der Waals surface area contributed by atoms with Gasteiger partial charge in [-0.1, -0.05) is 191 Å². The summed E-state index contributed by atoms with van der Waals surface area (Å²) in [6, 6.07) is 25.6. The second-order valence-corrected chi connectivity index (χ2v) is 28.5. The molecular weight excluding hydrogens is 1340 g/mol. The molecule has 0 radical (unpaired) electrons. The average Bonchev–Trinajstić information content (AvgIpc) is 0.706. The largest absolute Gasteiger partial charge is 0.506 e. The van der Waals surface area contributed by atoms with Crippen LogP contribution in [0.15, 0.2) is 108 Å². The van der Waals surface area contributed by atoms with Crippen LogP contribution in [0.1, 0.15) is 218 Å². The van der Waals surface area contributed by atoms with Crippen LogP contribution in [0.3, 0.4) is 0 Å². The predicted molar refractivity (Wildman–Crippen MR) is 411 cm³/mol. The number of esters is 6. The second kappa shape index (κ2) is 34.2. The Morgan fingerprint density at radius 2 is 0.505 bits per heavy atom. The molecule has 3 aliphatic heterocycles. The molecule has 3 heterocycles. The van der Waals surface area contributed by atoms with Gasteiger partial charge < -0.3 is 80.7 Å². The molecule has 0 saturated heterocycles. The molecule has 0 spiro atoms. The van der Waals surface area contributed by atoms with Crippen LogP contribution < -0.4 is 31.9 Å². The molecule has 0 atom stereocenters. The molecule has 6 aromatic carbocycles. The van der Waals surface area contributed by atoms with Crippen molar-refractivity contribution in [3.8, 4) is 0 Å². The minimum atomic E-state index is -1.70. The van der Waals surface area contributed by atoms with E-state index in [2.05, 4.69) is 31.9 Å². The van der Waals surface area contributed by atoms with Crippen molar-refractivity contribution in [2.24, 2.45) is 0 Å². The maximum atomic E-state index is 13.8. The Hall–Kier alpha value is -10.1. The Kier molecular flexibility index (Phi) is 24.8. The quantitative estimate of drug-likeness (QED) is 0.00971. The Morgan fingerprint density at radius 1 is 0.286 bits per heavy atom. The van der Waals surface area contributed by atoms with Crippen molar-refractivity contribution >= 4 is 125 Å². The third kappa shape index (κ3) is 16.7. The molecule has 2 aliphatic carbocycles. The van der Waals surface area contributed by atoms with Crippen molar-refractivity contribution in [2.75, 3.05) is 71.5 Å². The SMILES string of the molecule is CCCCCC(=O)OCC1(COC(=O)CCCCC)Nc2cccc3ccc(C4=C(O)C(c5ccc6ccc(C7=C(O)C(c8ccc9cccc%10c9c8NC(COC(=O)CCCCC)(COC(=O)CCCCC)N%10)=C7O)c7c6c5NC(COC(=O)CCCCC)(COC(=O)CCCCC)N7)=C4O)c(c23)N1. The molecule has 0 aromatic heterocycles. The molecular formula is C83H102N6O16. The van der Waals surface area contributed by atoms with Crippen molar-refractivity contribution in [3.63, 3.8) is 0 Å². The third-order valence-corrected chi connectivity index (χ3v) is 20.2. The summed E-state index contributed by atoms with van der Waals surface area (Å²) in [5.74, 6) is -3.96. The number of carbonyl (C=O) groups excluding carboxylic acids is 6. The lowest BCUT2D eigenvalue weighted by Crippen LogP contribution is -2.56. The van der Waals surface area contributed by atoms with Gasteiger partial charge in [-0.3, -0.25) is 28.8 Å². The molecule has 5 aliphatic rings. The number of aliphatic hydroxyl groups excluding tert-OH is 4. The van der Waals surface area contributed by atoms with E-state index in [1.165, 1.54) is 0 Å². The standard InChI is InChI=1S/C83H102N6O16/c1-7-13-19-31-60(90)100-45-81(46-101-61(91)32-20-14-8-2)84-58-29-25-27-51-37-41-54(73(86-81)66(51)58)69-77(96)71(78(69)97)56-43-39-53-40-44-57(76-68(53)75(56)88-83(89-76,49-104-64(94)35-23-17-11-5)50-105-65(95)36-24-18-12-6)72-79(98)70(80(72)99)55-42-38-52-28-26-30-59-67(52)74(55)87-82(85-59,47-102-62(92)33-21-15-9-3)48-103-63(93)34-22-16-10-4/h25-30,37-44,84-89,96-99H,7-24,31-36,45-50H2,1-6H3. The summed E-state index contributed by atoms with van der Waals surface area (Å²) in [6.45, 7) is 10.3. The number of ether oxygens (including phenoxy) is 6. The van der Waals surface area contributed by atoms with Gasteiger partial charge in [-0.15, -0.1) is 0 Å². The first-order chi connectivity index (χ1) is 50.8. The first kappa shape index (κ1) is 76.0. The van der Waals surface area contributed by atoms with Crippen molar-refractivity contribution in [1.29, 1.82) is 0 Å². The van der Waals surface area contributed by atoms with Gasteiger partial charge in [0.2, 0.25) is 0 Å². The van der Waals surface area contributed by atoms with E-state index in [4.69, 9.17) is 28.4 Å². The lowest BCUT2D eigenvalue weighted by atomic mass is 9.79. The molecule has 0 bridgehead atoms. The van der Waals surface area contributed by atoms with Gasteiger partial charge in [0.15, 0.2) is 17.0 Å². The van der Waals surface area contributed by atoms with Crippen molar-refractivity contribution in [2.45, 2.75) is 213 Å². The van der Waals surface area contributed by atoms with Crippen molar-refractivity contribution in [1.82, 2.24) is 0 Å². The molecule has 11 rings (SSSR count). The van der Waals surface area contributed by atoms with Crippen molar-refractivity contribution < 1.29 is 77.6 Å². The van der Waals surface area contributed by atoms with E-state index in [9.17, 15) is 49.2 Å². The van der Waals surface area contributed by atoms with E-state index < -0.39 is 66.0 Å². The number of rotatable bonds is 40. The maximum absolute atomic E-state index is 13.8. The van der Waals surface area contributed by atoms with E-state index in [0.717, 1.165) is 87.8 Å². The lowest BCUT2D eigenvalue weighted by Gasteiger charge is -2.43. The average molecular weight is 1440 g/mol. The van der Waals surface area contributed by atoms with Crippen LogP contribution >= 0.6 is 0 Å². The Bertz CT molecular complexity index is 4090. The molecule has 0 unspecified atom stereocenters. The number of hydrogen-bond acceptors (Lipinski definition) is 22. The summed E-state index contributed by atoms with van der Waals surface area (Å²) in [7, 11) is 0. The highest BCUT2D eigenvalue weighted by Crippen LogP contribution is 2.57.